The molecule has 0 heterocycles. The van der Waals surface area contributed by atoms with Crippen molar-refractivity contribution in [1.29, 1.82) is 0 Å². The standard InChI is InChI=1S/C24H29F3O4/c1-5-23(24(25,26)27,31-17(3)28)15-20(19-8-12-22(30-4)13-9-19)14-16(2)18-6-10-21(29)11-7-18/h6-13,16,20,29H,5,14-15H2,1-4H3. The third kappa shape index (κ3) is 6.15. The summed E-state index contributed by atoms with van der Waals surface area (Å²) in [5.74, 6) is -0.853. The monoisotopic (exact) mass is 438 g/mol. The molecule has 0 aromatic heterocycles. The minimum absolute atomic E-state index is 0.0900. The fourth-order valence-corrected chi connectivity index (χ4v) is 3.88. The van der Waals surface area contributed by atoms with Crippen molar-refractivity contribution in [2.75, 3.05) is 7.11 Å². The van der Waals surface area contributed by atoms with Gasteiger partial charge in [-0.2, -0.15) is 13.2 Å². The fourth-order valence-electron chi connectivity index (χ4n) is 3.88. The number of aromatic hydroxyl groups is 1. The molecule has 170 valence electrons. The molecule has 0 saturated heterocycles. The number of ether oxygens (including phenoxy) is 2. The zero-order valence-corrected chi connectivity index (χ0v) is 18.2. The van der Waals surface area contributed by atoms with Crippen LogP contribution in [0.2, 0.25) is 0 Å². The number of hydrogen-bond acceptors (Lipinski definition) is 4. The molecule has 0 amide bonds. The number of phenols is 1. The summed E-state index contributed by atoms with van der Waals surface area (Å²) in [5, 5.41) is 9.52. The fraction of sp³-hybridized carbons (Fsp3) is 0.458. The predicted molar refractivity (Wildman–Crippen MR) is 112 cm³/mol. The van der Waals surface area contributed by atoms with Gasteiger partial charge in [0.15, 0.2) is 0 Å². The van der Waals surface area contributed by atoms with E-state index in [2.05, 4.69) is 0 Å². The van der Waals surface area contributed by atoms with Crippen LogP contribution in [0.15, 0.2) is 48.5 Å². The molecule has 2 aromatic carbocycles. The Labute approximate surface area is 181 Å². The Hall–Kier alpha value is -2.70. The molecule has 0 spiro atoms. The number of benzene rings is 2. The SMILES string of the molecule is CCC(CC(CC(C)c1ccc(O)cc1)c1ccc(OC)cc1)(OC(C)=O)C(F)(F)F. The van der Waals surface area contributed by atoms with E-state index in [0.29, 0.717) is 17.7 Å². The van der Waals surface area contributed by atoms with Gasteiger partial charge in [0.25, 0.3) is 0 Å². The van der Waals surface area contributed by atoms with Gasteiger partial charge in [-0.05, 0) is 60.1 Å². The molecule has 0 radical (unpaired) electrons. The molecule has 7 heteroatoms. The summed E-state index contributed by atoms with van der Waals surface area (Å²) in [5.41, 5.74) is -0.962. The van der Waals surface area contributed by atoms with Crippen LogP contribution in [0, 0.1) is 0 Å². The van der Waals surface area contributed by atoms with Crippen LogP contribution in [0.3, 0.4) is 0 Å². The van der Waals surface area contributed by atoms with E-state index < -0.39 is 23.7 Å². The van der Waals surface area contributed by atoms with Gasteiger partial charge in [0.2, 0.25) is 5.60 Å². The van der Waals surface area contributed by atoms with Crippen molar-refractivity contribution in [2.45, 2.75) is 63.6 Å². The van der Waals surface area contributed by atoms with Gasteiger partial charge >= 0.3 is 12.1 Å². The highest BCUT2D eigenvalue weighted by atomic mass is 19.4. The summed E-state index contributed by atoms with van der Waals surface area (Å²) in [4.78, 5) is 11.6. The quantitative estimate of drug-likeness (QED) is 0.464. The van der Waals surface area contributed by atoms with Crippen molar-refractivity contribution in [1.82, 2.24) is 0 Å². The molecule has 0 fully saturated rings. The second kappa shape index (κ2) is 10.1. The van der Waals surface area contributed by atoms with E-state index in [0.717, 1.165) is 12.5 Å². The summed E-state index contributed by atoms with van der Waals surface area (Å²) < 4.78 is 52.4. The Morgan fingerprint density at radius 3 is 2.03 bits per heavy atom. The summed E-state index contributed by atoms with van der Waals surface area (Å²) in [6.07, 6.45) is -5.08. The Kier molecular flexibility index (Phi) is 7.98. The van der Waals surface area contributed by atoms with Crippen LogP contribution in [0.5, 0.6) is 11.5 Å². The second-order valence-electron chi connectivity index (χ2n) is 7.84. The Balaban J connectivity index is 2.43. The van der Waals surface area contributed by atoms with Crippen LogP contribution >= 0.6 is 0 Å². The van der Waals surface area contributed by atoms with E-state index in [4.69, 9.17) is 9.47 Å². The summed E-state index contributed by atoms with van der Waals surface area (Å²) in [7, 11) is 1.52. The average Bonchev–Trinajstić information content (AvgIpc) is 2.72. The number of phenolic OH excluding ortho intramolecular Hbond substituents is 1. The van der Waals surface area contributed by atoms with Gasteiger partial charge in [-0.3, -0.25) is 4.79 Å². The maximum Gasteiger partial charge on any atom is 0.428 e. The number of methoxy groups -OCH3 is 1. The van der Waals surface area contributed by atoms with Gasteiger partial charge in [0.1, 0.15) is 11.5 Å². The zero-order valence-electron chi connectivity index (χ0n) is 18.2. The van der Waals surface area contributed by atoms with Crippen molar-refractivity contribution in [3.63, 3.8) is 0 Å². The molecular formula is C24H29F3O4. The first kappa shape index (κ1) is 24.6. The van der Waals surface area contributed by atoms with Crippen LogP contribution in [-0.2, 0) is 9.53 Å². The number of halogens is 3. The predicted octanol–water partition coefficient (Wildman–Crippen LogP) is 6.34. The van der Waals surface area contributed by atoms with Gasteiger partial charge in [-0.15, -0.1) is 0 Å². The molecule has 0 aliphatic heterocycles. The third-order valence-electron chi connectivity index (χ3n) is 5.69. The molecule has 0 saturated carbocycles. The van der Waals surface area contributed by atoms with Gasteiger partial charge < -0.3 is 14.6 Å². The highest BCUT2D eigenvalue weighted by molar-refractivity contribution is 5.66. The van der Waals surface area contributed by atoms with Crippen LogP contribution in [0.25, 0.3) is 0 Å². The molecule has 2 aromatic rings. The number of esters is 1. The molecular weight excluding hydrogens is 409 g/mol. The van der Waals surface area contributed by atoms with Gasteiger partial charge in [0, 0.05) is 13.3 Å². The summed E-state index contributed by atoms with van der Waals surface area (Å²) >= 11 is 0. The topological polar surface area (TPSA) is 55.8 Å². The minimum Gasteiger partial charge on any atom is -0.508 e. The molecule has 0 bridgehead atoms. The first-order valence-corrected chi connectivity index (χ1v) is 10.2. The first-order valence-electron chi connectivity index (χ1n) is 10.2. The first-order chi connectivity index (χ1) is 14.5. The van der Waals surface area contributed by atoms with E-state index >= 15 is 0 Å². The molecule has 0 aliphatic carbocycles. The number of carbonyl (C=O) groups excluding carboxylic acids is 1. The molecule has 31 heavy (non-hydrogen) atoms. The number of carbonyl (C=O) groups is 1. The van der Waals surface area contributed by atoms with Crippen molar-refractivity contribution in [3.05, 3.63) is 59.7 Å². The highest BCUT2D eigenvalue weighted by Crippen LogP contribution is 2.46. The Morgan fingerprint density at radius 1 is 1.03 bits per heavy atom. The van der Waals surface area contributed by atoms with Crippen molar-refractivity contribution in [2.24, 2.45) is 0 Å². The van der Waals surface area contributed by atoms with Gasteiger partial charge in [-0.25, -0.2) is 0 Å². The lowest BCUT2D eigenvalue weighted by Crippen LogP contribution is -2.49. The molecule has 3 unspecified atom stereocenters. The smallest absolute Gasteiger partial charge is 0.428 e. The van der Waals surface area contributed by atoms with Crippen LogP contribution in [0.1, 0.15) is 63.0 Å². The second-order valence-corrected chi connectivity index (χ2v) is 7.84. The lowest BCUT2D eigenvalue weighted by Gasteiger charge is -2.37. The van der Waals surface area contributed by atoms with Crippen LogP contribution < -0.4 is 4.74 Å². The van der Waals surface area contributed by atoms with Crippen LogP contribution in [0.4, 0.5) is 13.2 Å². The number of alkyl halides is 3. The van der Waals surface area contributed by atoms with Crippen molar-refractivity contribution in [3.8, 4) is 11.5 Å². The van der Waals surface area contributed by atoms with Gasteiger partial charge in [0.05, 0.1) is 7.11 Å². The molecule has 1 N–H and O–H groups in total. The molecule has 2 rings (SSSR count). The average molecular weight is 438 g/mol. The lowest BCUT2D eigenvalue weighted by molar-refractivity contribution is -0.274. The van der Waals surface area contributed by atoms with Crippen LogP contribution in [-0.4, -0.2) is 30.0 Å². The zero-order chi connectivity index (χ0) is 23.2. The maximum atomic E-state index is 14.1. The number of hydrogen-bond donors (Lipinski definition) is 1. The van der Waals surface area contributed by atoms with E-state index in [1.54, 1.807) is 48.5 Å². The van der Waals surface area contributed by atoms with Crippen molar-refractivity contribution < 1.29 is 32.5 Å². The van der Waals surface area contributed by atoms with E-state index in [-0.39, 0.29) is 24.5 Å². The van der Waals surface area contributed by atoms with Crippen molar-refractivity contribution >= 4 is 5.97 Å². The largest absolute Gasteiger partial charge is 0.508 e. The highest BCUT2D eigenvalue weighted by Gasteiger charge is 2.57. The lowest BCUT2D eigenvalue weighted by atomic mass is 9.78. The Bertz CT molecular complexity index is 847. The number of rotatable bonds is 9. The van der Waals surface area contributed by atoms with E-state index in [9.17, 15) is 23.1 Å². The Morgan fingerprint density at radius 2 is 1.58 bits per heavy atom. The third-order valence-corrected chi connectivity index (χ3v) is 5.69. The molecule has 3 atom stereocenters. The van der Waals surface area contributed by atoms with E-state index in [1.807, 2.05) is 6.92 Å². The van der Waals surface area contributed by atoms with E-state index in [1.165, 1.54) is 14.0 Å². The van der Waals surface area contributed by atoms with Gasteiger partial charge in [-0.1, -0.05) is 38.1 Å². The summed E-state index contributed by atoms with van der Waals surface area (Å²) in [6.45, 7) is 4.30. The minimum atomic E-state index is -4.71. The maximum absolute atomic E-state index is 14.1. The molecule has 0 aliphatic rings. The normalized spacial score (nSPS) is 15.6. The molecule has 4 nitrogen and oxygen atoms in total. The summed E-state index contributed by atoms with van der Waals surface area (Å²) in [6, 6.07) is 13.5.